The first-order chi connectivity index (χ1) is 11.7. The third-order valence-corrected chi connectivity index (χ3v) is 6.03. The van der Waals surface area contributed by atoms with Gasteiger partial charge < -0.3 is 20.5 Å². The number of fused-ring (bicyclic) bond motifs is 1. The maximum absolute atomic E-state index is 13.2. The van der Waals surface area contributed by atoms with E-state index in [0.29, 0.717) is 18.7 Å². The van der Waals surface area contributed by atoms with Gasteiger partial charge in [-0.15, -0.1) is 12.4 Å². The Bertz CT molecular complexity index is 707. The van der Waals surface area contributed by atoms with Crippen molar-refractivity contribution in [1.29, 1.82) is 0 Å². The Morgan fingerprint density at radius 1 is 1.19 bits per heavy atom. The second kappa shape index (κ2) is 7.65. The average Bonchev–Trinajstić information content (AvgIpc) is 2.82. The summed E-state index contributed by atoms with van der Waals surface area (Å²) in [7, 11) is 0. The largest absolute Gasteiger partial charge is 0.507 e. The van der Waals surface area contributed by atoms with Crippen molar-refractivity contribution in [2.24, 2.45) is 5.73 Å². The fourth-order valence-electron chi connectivity index (χ4n) is 4.06. The van der Waals surface area contributed by atoms with Crippen LogP contribution < -0.4 is 10.5 Å². The molecule has 146 valence electrons. The van der Waals surface area contributed by atoms with Gasteiger partial charge in [-0.1, -0.05) is 0 Å². The first-order valence-corrected chi connectivity index (χ1v) is 9.30. The normalized spacial score (nSPS) is 25.6. The van der Waals surface area contributed by atoms with Crippen molar-refractivity contribution in [3.8, 4) is 11.5 Å². The third kappa shape index (κ3) is 3.52. The number of amides is 1. The lowest BCUT2D eigenvalue weighted by atomic mass is 9.86. The molecule has 0 aliphatic carbocycles. The van der Waals surface area contributed by atoms with Crippen LogP contribution in [0.25, 0.3) is 0 Å². The van der Waals surface area contributed by atoms with Gasteiger partial charge in [0, 0.05) is 31.1 Å². The van der Waals surface area contributed by atoms with Crippen LogP contribution in [0, 0.1) is 20.8 Å². The Kier molecular flexibility index (Phi) is 6.13. The van der Waals surface area contributed by atoms with E-state index in [2.05, 4.69) is 0 Å². The Morgan fingerprint density at radius 2 is 1.88 bits per heavy atom. The minimum absolute atomic E-state index is 0. The summed E-state index contributed by atoms with van der Waals surface area (Å²) in [5, 5.41) is 10.3. The SMILES string of the molecule is Cc1c(C)c2c(c(C)c1O)CCC(C)(C(=O)N1CCCC(N)CC1)O2.Cl. The van der Waals surface area contributed by atoms with Gasteiger partial charge in [0.15, 0.2) is 5.60 Å². The van der Waals surface area contributed by atoms with Gasteiger partial charge in [-0.05, 0) is 70.1 Å². The van der Waals surface area contributed by atoms with E-state index >= 15 is 0 Å². The summed E-state index contributed by atoms with van der Waals surface area (Å²) in [5.41, 5.74) is 8.85. The smallest absolute Gasteiger partial charge is 0.266 e. The number of rotatable bonds is 1. The maximum atomic E-state index is 13.2. The molecule has 0 spiro atoms. The second-order valence-electron chi connectivity index (χ2n) is 7.85. The Morgan fingerprint density at radius 3 is 2.58 bits per heavy atom. The molecule has 1 amide bonds. The van der Waals surface area contributed by atoms with E-state index in [1.54, 1.807) is 0 Å². The highest BCUT2D eigenvalue weighted by Gasteiger charge is 2.43. The highest BCUT2D eigenvalue weighted by molar-refractivity contribution is 5.86. The van der Waals surface area contributed by atoms with Crippen LogP contribution in [0.3, 0.4) is 0 Å². The van der Waals surface area contributed by atoms with Gasteiger partial charge in [-0.2, -0.15) is 0 Å². The summed E-state index contributed by atoms with van der Waals surface area (Å²) < 4.78 is 6.32. The van der Waals surface area contributed by atoms with Crippen LogP contribution in [0.1, 0.15) is 54.9 Å². The maximum Gasteiger partial charge on any atom is 0.266 e. The van der Waals surface area contributed by atoms with Crippen molar-refractivity contribution >= 4 is 18.3 Å². The van der Waals surface area contributed by atoms with Crippen LogP contribution in [0.2, 0.25) is 0 Å². The van der Waals surface area contributed by atoms with E-state index in [4.69, 9.17) is 10.5 Å². The standard InChI is InChI=1S/C20H30N2O3.ClH/c1-12-13(2)18-16(14(3)17(12)23)7-9-20(4,25-18)19(24)22-10-5-6-15(21)8-11-22;/h15,23H,5-11,21H2,1-4H3;1H. The topological polar surface area (TPSA) is 75.8 Å². The quantitative estimate of drug-likeness (QED) is 0.782. The van der Waals surface area contributed by atoms with Crippen molar-refractivity contribution < 1.29 is 14.6 Å². The van der Waals surface area contributed by atoms with E-state index in [0.717, 1.165) is 60.2 Å². The number of likely N-dealkylation sites (tertiary alicyclic amines) is 1. The number of phenolic OH excluding ortho intramolecular Hbond substituents is 1. The molecule has 6 heteroatoms. The molecule has 3 rings (SSSR count). The van der Waals surface area contributed by atoms with Crippen LogP contribution in [-0.2, 0) is 11.2 Å². The highest BCUT2D eigenvalue weighted by atomic mass is 35.5. The average molecular weight is 383 g/mol. The zero-order chi connectivity index (χ0) is 18.4. The van der Waals surface area contributed by atoms with Crippen LogP contribution in [0.15, 0.2) is 0 Å². The first kappa shape index (κ1) is 20.8. The molecule has 5 nitrogen and oxygen atoms in total. The number of hydrogen-bond acceptors (Lipinski definition) is 4. The molecule has 2 atom stereocenters. The summed E-state index contributed by atoms with van der Waals surface area (Å²) in [6, 6.07) is 0.189. The van der Waals surface area contributed by atoms with Crippen molar-refractivity contribution in [2.45, 2.75) is 71.4 Å². The summed E-state index contributed by atoms with van der Waals surface area (Å²) in [5.74, 6) is 1.19. The van der Waals surface area contributed by atoms with Crippen molar-refractivity contribution in [2.75, 3.05) is 13.1 Å². The van der Waals surface area contributed by atoms with Crippen molar-refractivity contribution in [3.05, 3.63) is 22.3 Å². The van der Waals surface area contributed by atoms with Crippen molar-refractivity contribution in [1.82, 2.24) is 4.90 Å². The van der Waals surface area contributed by atoms with Gasteiger partial charge in [0.1, 0.15) is 11.5 Å². The van der Waals surface area contributed by atoms with Crippen LogP contribution in [-0.4, -0.2) is 40.6 Å². The van der Waals surface area contributed by atoms with E-state index in [1.165, 1.54) is 0 Å². The molecule has 2 aliphatic heterocycles. The Hall–Kier alpha value is -1.46. The number of nitrogens with zero attached hydrogens (tertiary/aromatic N) is 1. The summed E-state index contributed by atoms with van der Waals surface area (Å²) in [6.45, 7) is 9.13. The minimum Gasteiger partial charge on any atom is -0.507 e. The lowest BCUT2D eigenvalue weighted by molar-refractivity contribution is -0.148. The molecule has 3 N–H and O–H groups in total. The molecule has 26 heavy (non-hydrogen) atoms. The fraction of sp³-hybridized carbons (Fsp3) is 0.650. The monoisotopic (exact) mass is 382 g/mol. The van der Waals surface area contributed by atoms with E-state index < -0.39 is 5.60 Å². The molecule has 1 saturated heterocycles. The Labute approximate surface area is 162 Å². The van der Waals surface area contributed by atoms with Gasteiger partial charge in [-0.25, -0.2) is 0 Å². The predicted molar refractivity (Wildman–Crippen MR) is 105 cm³/mol. The molecule has 0 bridgehead atoms. The van der Waals surface area contributed by atoms with Crippen LogP contribution in [0.5, 0.6) is 11.5 Å². The molecular weight excluding hydrogens is 352 g/mol. The first-order valence-electron chi connectivity index (χ1n) is 9.30. The van der Waals surface area contributed by atoms with Crippen LogP contribution in [0.4, 0.5) is 0 Å². The number of halogens is 1. The fourth-order valence-corrected chi connectivity index (χ4v) is 4.06. The summed E-state index contributed by atoms with van der Waals surface area (Å²) in [4.78, 5) is 15.1. The molecule has 2 unspecified atom stereocenters. The lowest BCUT2D eigenvalue weighted by Gasteiger charge is -2.39. The highest BCUT2D eigenvalue weighted by Crippen LogP contribution is 2.43. The Balaban J connectivity index is 0.00000243. The molecular formula is C20H31ClN2O3. The molecule has 0 radical (unpaired) electrons. The molecule has 0 saturated carbocycles. The van der Waals surface area contributed by atoms with Gasteiger partial charge in [-0.3, -0.25) is 4.79 Å². The summed E-state index contributed by atoms with van der Waals surface area (Å²) >= 11 is 0. The van der Waals surface area contributed by atoms with Gasteiger partial charge >= 0.3 is 0 Å². The number of phenols is 1. The van der Waals surface area contributed by atoms with E-state index in [9.17, 15) is 9.90 Å². The third-order valence-electron chi connectivity index (χ3n) is 6.03. The number of nitrogens with two attached hydrogens (primary N) is 1. The number of carbonyl (C=O) groups excluding carboxylic acids is 1. The number of ether oxygens (including phenoxy) is 1. The predicted octanol–water partition coefficient (Wildman–Crippen LogP) is 3.16. The minimum atomic E-state index is -0.845. The number of aromatic hydroxyl groups is 1. The van der Waals surface area contributed by atoms with E-state index in [-0.39, 0.29) is 24.4 Å². The van der Waals surface area contributed by atoms with Crippen molar-refractivity contribution in [3.63, 3.8) is 0 Å². The van der Waals surface area contributed by atoms with Crippen LogP contribution >= 0.6 is 12.4 Å². The number of carbonyl (C=O) groups is 1. The molecule has 0 aromatic heterocycles. The second-order valence-corrected chi connectivity index (χ2v) is 7.85. The zero-order valence-electron chi connectivity index (χ0n) is 16.2. The zero-order valence-corrected chi connectivity index (χ0v) is 17.0. The number of hydrogen-bond donors (Lipinski definition) is 2. The van der Waals surface area contributed by atoms with Gasteiger partial charge in [0.2, 0.25) is 0 Å². The lowest BCUT2D eigenvalue weighted by Crippen LogP contribution is -2.53. The van der Waals surface area contributed by atoms with E-state index in [1.807, 2.05) is 32.6 Å². The molecule has 2 heterocycles. The number of benzene rings is 1. The summed E-state index contributed by atoms with van der Waals surface area (Å²) in [6.07, 6.45) is 4.14. The molecule has 1 fully saturated rings. The van der Waals surface area contributed by atoms with Gasteiger partial charge in [0.05, 0.1) is 0 Å². The molecule has 1 aromatic carbocycles. The molecule has 1 aromatic rings. The molecule has 2 aliphatic rings. The van der Waals surface area contributed by atoms with Gasteiger partial charge in [0.25, 0.3) is 5.91 Å².